The molecular formula is C21H30N6O3. The smallest absolute Gasteiger partial charge is 0.407 e. The Labute approximate surface area is 177 Å². The average molecular weight is 415 g/mol. The Bertz CT molecular complexity index is 868. The molecule has 2 amide bonds. The molecule has 30 heavy (non-hydrogen) atoms. The van der Waals surface area contributed by atoms with E-state index in [4.69, 9.17) is 4.74 Å². The van der Waals surface area contributed by atoms with Gasteiger partial charge >= 0.3 is 6.09 Å². The number of anilines is 1. The molecule has 0 aliphatic rings. The topological polar surface area (TPSA) is 119 Å². The van der Waals surface area contributed by atoms with E-state index in [1.54, 1.807) is 45.0 Å². The van der Waals surface area contributed by atoms with E-state index in [2.05, 4.69) is 31.0 Å². The Balaban J connectivity index is 1.96. The van der Waals surface area contributed by atoms with E-state index in [1.807, 2.05) is 27.7 Å². The fraction of sp³-hybridized carbons (Fsp3) is 0.524. The first kappa shape index (κ1) is 23.2. The van der Waals surface area contributed by atoms with Gasteiger partial charge in [0.25, 0.3) is 0 Å². The number of ether oxygens (including phenoxy) is 1. The summed E-state index contributed by atoms with van der Waals surface area (Å²) in [5, 5.41) is 22.1. The van der Waals surface area contributed by atoms with Crippen molar-refractivity contribution in [1.82, 2.24) is 25.7 Å². The zero-order chi connectivity index (χ0) is 22.5. The Kier molecular flexibility index (Phi) is 7.07. The van der Waals surface area contributed by atoms with Crippen LogP contribution in [0.25, 0.3) is 11.4 Å². The molecule has 1 aromatic carbocycles. The molecule has 0 aliphatic heterocycles. The normalized spacial score (nSPS) is 12.8. The second kappa shape index (κ2) is 9.15. The standard InChI is InChI=1S/C21H30N6O3/c1-13(12-22-19(29)30-21(5,6)7)16-24-26-17(27-25-16)14-8-10-15(11-9-14)23-18(28)20(2,3)4/h8-11,13H,12H2,1-7H3,(H,22,29)(H,23,28). The third-order valence-electron chi connectivity index (χ3n) is 3.97. The summed E-state index contributed by atoms with van der Waals surface area (Å²) in [6.07, 6.45) is -0.495. The molecule has 0 radical (unpaired) electrons. The molecule has 1 atom stereocenters. The zero-order valence-corrected chi connectivity index (χ0v) is 18.6. The molecule has 0 bridgehead atoms. The van der Waals surface area contributed by atoms with Crippen molar-refractivity contribution >= 4 is 17.7 Å². The Morgan fingerprint density at radius 2 is 1.53 bits per heavy atom. The van der Waals surface area contributed by atoms with Crippen LogP contribution in [-0.2, 0) is 9.53 Å². The second-order valence-corrected chi connectivity index (χ2v) is 9.15. The van der Waals surface area contributed by atoms with E-state index in [1.165, 1.54) is 0 Å². The minimum Gasteiger partial charge on any atom is -0.444 e. The van der Waals surface area contributed by atoms with Crippen molar-refractivity contribution in [3.63, 3.8) is 0 Å². The van der Waals surface area contributed by atoms with E-state index in [0.717, 1.165) is 5.56 Å². The van der Waals surface area contributed by atoms with Gasteiger partial charge < -0.3 is 15.4 Å². The molecule has 1 aromatic heterocycles. The highest BCUT2D eigenvalue weighted by atomic mass is 16.6. The summed E-state index contributed by atoms with van der Waals surface area (Å²) in [6.45, 7) is 13.1. The molecule has 2 N–H and O–H groups in total. The molecule has 2 rings (SSSR count). The van der Waals surface area contributed by atoms with Crippen LogP contribution in [0.4, 0.5) is 10.5 Å². The van der Waals surface area contributed by atoms with Crippen LogP contribution < -0.4 is 10.6 Å². The highest BCUT2D eigenvalue weighted by Crippen LogP contribution is 2.20. The first-order valence-corrected chi connectivity index (χ1v) is 9.81. The maximum atomic E-state index is 12.1. The fourth-order valence-corrected chi connectivity index (χ4v) is 2.21. The molecule has 0 aliphatic carbocycles. The highest BCUT2D eigenvalue weighted by molar-refractivity contribution is 5.94. The van der Waals surface area contributed by atoms with Crippen molar-refractivity contribution in [3.05, 3.63) is 30.1 Å². The van der Waals surface area contributed by atoms with Crippen LogP contribution in [0.15, 0.2) is 24.3 Å². The number of nitrogens with zero attached hydrogens (tertiary/aromatic N) is 4. The van der Waals surface area contributed by atoms with E-state index >= 15 is 0 Å². The number of carbonyl (C=O) groups is 2. The van der Waals surface area contributed by atoms with Crippen LogP contribution in [0.1, 0.15) is 60.2 Å². The molecule has 9 nitrogen and oxygen atoms in total. The van der Waals surface area contributed by atoms with Crippen LogP contribution >= 0.6 is 0 Å². The predicted octanol–water partition coefficient (Wildman–Crippen LogP) is 3.55. The molecular weight excluding hydrogens is 384 g/mol. The van der Waals surface area contributed by atoms with Gasteiger partial charge in [-0.2, -0.15) is 0 Å². The van der Waals surface area contributed by atoms with Crippen LogP contribution in [0.2, 0.25) is 0 Å². The lowest BCUT2D eigenvalue weighted by atomic mass is 9.95. The van der Waals surface area contributed by atoms with Gasteiger partial charge in [0.2, 0.25) is 11.7 Å². The molecule has 1 unspecified atom stereocenters. The quantitative estimate of drug-likeness (QED) is 0.768. The van der Waals surface area contributed by atoms with Gasteiger partial charge in [-0.15, -0.1) is 20.4 Å². The van der Waals surface area contributed by atoms with Gasteiger partial charge in [-0.25, -0.2) is 4.79 Å². The van der Waals surface area contributed by atoms with Crippen molar-refractivity contribution in [1.29, 1.82) is 0 Å². The Morgan fingerprint density at radius 3 is 2.03 bits per heavy atom. The number of benzene rings is 1. The molecule has 0 saturated heterocycles. The molecule has 162 valence electrons. The minimum atomic E-state index is -0.556. The number of amides is 2. The van der Waals surface area contributed by atoms with E-state index in [-0.39, 0.29) is 11.8 Å². The number of rotatable bonds is 5. The number of aromatic nitrogens is 4. The molecule has 1 heterocycles. The lowest BCUT2D eigenvalue weighted by molar-refractivity contribution is -0.123. The van der Waals surface area contributed by atoms with Crippen LogP contribution in [-0.4, -0.2) is 44.5 Å². The number of alkyl carbamates (subject to hydrolysis) is 1. The van der Waals surface area contributed by atoms with Gasteiger partial charge in [0, 0.05) is 29.1 Å². The van der Waals surface area contributed by atoms with Crippen molar-refractivity contribution in [2.24, 2.45) is 5.41 Å². The Morgan fingerprint density at radius 1 is 0.967 bits per heavy atom. The third-order valence-corrected chi connectivity index (χ3v) is 3.97. The first-order chi connectivity index (χ1) is 13.8. The average Bonchev–Trinajstić information content (AvgIpc) is 2.65. The SMILES string of the molecule is CC(CNC(=O)OC(C)(C)C)c1nnc(-c2ccc(NC(=O)C(C)(C)C)cc2)nn1. The van der Waals surface area contributed by atoms with Crippen LogP contribution in [0.3, 0.4) is 0 Å². The molecule has 0 spiro atoms. The summed E-state index contributed by atoms with van der Waals surface area (Å²) in [5.74, 6) is 0.554. The Hall–Kier alpha value is -3.10. The van der Waals surface area contributed by atoms with Gasteiger partial charge in [0.05, 0.1) is 0 Å². The predicted molar refractivity (Wildman–Crippen MR) is 114 cm³/mol. The summed E-state index contributed by atoms with van der Waals surface area (Å²) in [6, 6.07) is 7.15. The summed E-state index contributed by atoms with van der Waals surface area (Å²) in [5.41, 5.74) is 0.396. The molecule has 0 fully saturated rings. The largest absolute Gasteiger partial charge is 0.444 e. The van der Waals surface area contributed by atoms with Gasteiger partial charge in [0.15, 0.2) is 5.82 Å². The van der Waals surface area contributed by atoms with Gasteiger partial charge in [-0.05, 0) is 45.0 Å². The minimum absolute atomic E-state index is 0.0619. The van der Waals surface area contributed by atoms with Crippen molar-refractivity contribution in [2.75, 3.05) is 11.9 Å². The maximum Gasteiger partial charge on any atom is 0.407 e. The highest BCUT2D eigenvalue weighted by Gasteiger charge is 2.21. The van der Waals surface area contributed by atoms with Gasteiger partial charge in [-0.1, -0.05) is 27.7 Å². The van der Waals surface area contributed by atoms with Crippen LogP contribution in [0.5, 0.6) is 0 Å². The second-order valence-electron chi connectivity index (χ2n) is 9.15. The number of hydrogen-bond donors (Lipinski definition) is 2. The monoisotopic (exact) mass is 414 g/mol. The molecule has 9 heteroatoms. The van der Waals surface area contributed by atoms with Crippen molar-refractivity contribution in [2.45, 2.75) is 60.0 Å². The molecule has 0 saturated carbocycles. The number of nitrogens with one attached hydrogen (secondary N) is 2. The van der Waals surface area contributed by atoms with E-state index in [0.29, 0.717) is 23.9 Å². The van der Waals surface area contributed by atoms with Crippen molar-refractivity contribution < 1.29 is 14.3 Å². The zero-order valence-electron chi connectivity index (χ0n) is 18.6. The molecule has 2 aromatic rings. The lowest BCUT2D eigenvalue weighted by Gasteiger charge is -2.20. The maximum absolute atomic E-state index is 12.1. The summed E-state index contributed by atoms with van der Waals surface area (Å²) in [7, 11) is 0. The lowest BCUT2D eigenvalue weighted by Crippen LogP contribution is -2.34. The van der Waals surface area contributed by atoms with E-state index in [9.17, 15) is 9.59 Å². The summed E-state index contributed by atoms with van der Waals surface area (Å²) in [4.78, 5) is 23.8. The van der Waals surface area contributed by atoms with Gasteiger partial charge in [-0.3, -0.25) is 4.79 Å². The fourth-order valence-electron chi connectivity index (χ4n) is 2.21. The summed E-state index contributed by atoms with van der Waals surface area (Å²) < 4.78 is 5.20. The van der Waals surface area contributed by atoms with Gasteiger partial charge in [0.1, 0.15) is 5.60 Å². The van der Waals surface area contributed by atoms with Crippen LogP contribution in [0, 0.1) is 5.41 Å². The summed E-state index contributed by atoms with van der Waals surface area (Å²) >= 11 is 0. The third kappa shape index (κ3) is 7.06. The number of hydrogen-bond acceptors (Lipinski definition) is 7. The van der Waals surface area contributed by atoms with Crippen molar-refractivity contribution in [3.8, 4) is 11.4 Å². The van der Waals surface area contributed by atoms with E-state index < -0.39 is 17.1 Å². The first-order valence-electron chi connectivity index (χ1n) is 9.81. The number of carbonyl (C=O) groups excluding carboxylic acids is 2.